The Balaban J connectivity index is 1.73. The lowest BCUT2D eigenvalue weighted by Gasteiger charge is -2.29. The number of halogens is 3. The summed E-state index contributed by atoms with van der Waals surface area (Å²) in [6.45, 7) is 6.00. The normalized spacial score (nSPS) is 15.4. The number of rotatable bonds is 10. The van der Waals surface area contributed by atoms with Crippen molar-refractivity contribution in [1.82, 2.24) is 4.90 Å². The molecule has 1 aliphatic carbocycles. The second kappa shape index (κ2) is 11.6. The summed E-state index contributed by atoms with van der Waals surface area (Å²) in [5.41, 5.74) is 1.77. The van der Waals surface area contributed by atoms with E-state index in [1.165, 1.54) is 23.9 Å². The molecule has 2 aromatic carbocycles. The van der Waals surface area contributed by atoms with Gasteiger partial charge in [-0.05, 0) is 80.6 Å². The van der Waals surface area contributed by atoms with Gasteiger partial charge < -0.3 is 15.3 Å². The Morgan fingerprint density at radius 3 is 2.31 bits per heavy atom. The number of unbranched alkanes of at least 4 members (excludes halogenated alkanes) is 3. The lowest BCUT2D eigenvalue weighted by atomic mass is 10.1. The highest BCUT2D eigenvalue weighted by molar-refractivity contribution is 8.01. The van der Waals surface area contributed by atoms with Crippen LogP contribution in [0.3, 0.4) is 0 Å². The number of carbonyl (C=O) groups is 2. The number of alkyl halides is 3. The topological polar surface area (TPSA) is 69.6 Å². The molecule has 5 nitrogen and oxygen atoms in total. The number of fused-ring (bicyclic) bond motifs is 1. The number of nitrogens with one attached hydrogen (secondary N) is 1. The van der Waals surface area contributed by atoms with E-state index in [-0.39, 0.29) is 12.1 Å². The van der Waals surface area contributed by atoms with Crippen molar-refractivity contribution in [1.29, 1.82) is 0 Å². The van der Waals surface area contributed by atoms with E-state index in [2.05, 4.69) is 12.2 Å². The van der Waals surface area contributed by atoms with E-state index >= 15 is 0 Å². The van der Waals surface area contributed by atoms with Gasteiger partial charge in [0.05, 0.1) is 5.56 Å². The van der Waals surface area contributed by atoms with Gasteiger partial charge in [-0.3, -0.25) is 4.79 Å². The summed E-state index contributed by atoms with van der Waals surface area (Å²) in [5.74, 6) is -0.885. The molecule has 2 N–H and O–H groups in total. The predicted octanol–water partition coefficient (Wildman–Crippen LogP) is 7.24. The minimum Gasteiger partial charge on any atom is -0.480 e. The lowest BCUT2D eigenvalue weighted by molar-refractivity contribution is -0.139. The zero-order valence-electron chi connectivity index (χ0n) is 20.8. The number of amides is 2. The van der Waals surface area contributed by atoms with Gasteiger partial charge in [-0.15, -0.1) is 11.8 Å². The van der Waals surface area contributed by atoms with Crippen LogP contribution in [0.25, 0.3) is 0 Å². The standard InChI is InChI=1S/C27H33F3N2O3S/c1-4-5-6-7-14-32(25(35)31-21-11-9-20(10-12-21)27(28,29)30)22-15-18-8-13-23(17-19(18)16-22)36-26(2,3)24(33)34/h8-13,17,22H,4-7,14-16H2,1-3H3,(H,31,35)(H,33,34). The van der Waals surface area contributed by atoms with Crippen molar-refractivity contribution in [2.24, 2.45) is 0 Å². The third-order valence-electron chi connectivity index (χ3n) is 6.39. The molecule has 0 saturated heterocycles. The predicted molar refractivity (Wildman–Crippen MR) is 137 cm³/mol. The van der Waals surface area contributed by atoms with Crippen LogP contribution in [0.15, 0.2) is 47.4 Å². The van der Waals surface area contributed by atoms with Crippen molar-refractivity contribution in [3.63, 3.8) is 0 Å². The lowest BCUT2D eigenvalue weighted by Crippen LogP contribution is -2.44. The van der Waals surface area contributed by atoms with Gasteiger partial charge in [-0.2, -0.15) is 13.2 Å². The largest absolute Gasteiger partial charge is 0.480 e. The van der Waals surface area contributed by atoms with Crippen molar-refractivity contribution in [3.05, 3.63) is 59.2 Å². The van der Waals surface area contributed by atoms with Gasteiger partial charge >= 0.3 is 18.2 Å². The smallest absolute Gasteiger partial charge is 0.416 e. The second-order valence-corrected chi connectivity index (χ2v) is 11.4. The molecule has 0 aromatic heterocycles. The van der Waals surface area contributed by atoms with Crippen molar-refractivity contribution in [2.75, 3.05) is 11.9 Å². The Morgan fingerprint density at radius 2 is 1.69 bits per heavy atom. The van der Waals surface area contributed by atoms with E-state index < -0.39 is 22.5 Å². The highest BCUT2D eigenvalue weighted by Crippen LogP contribution is 2.36. The van der Waals surface area contributed by atoms with E-state index in [0.29, 0.717) is 25.1 Å². The molecule has 1 unspecified atom stereocenters. The van der Waals surface area contributed by atoms with Crippen LogP contribution in [0.4, 0.5) is 23.7 Å². The second-order valence-electron chi connectivity index (χ2n) is 9.67. The van der Waals surface area contributed by atoms with Crippen LogP contribution in [0.2, 0.25) is 0 Å². The zero-order valence-corrected chi connectivity index (χ0v) is 21.6. The summed E-state index contributed by atoms with van der Waals surface area (Å²) < 4.78 is 37.7. The summed E-state index contributed by atoms with van der Waals surface area (Å²) in [4.78, 5) is 27.4. The number of nitrogens with zero attached hydrogens (tertiary/aromatic N) is 1. The number of urea groups is 1. The molecule has 9 heteroatoms. The molecule has 2 amide bonds. The summed E-state index contributed by atoms with van der Waals surface area (Å²) >= 11 is 1.29. The molecular formula is C27H33F3N2O3S. The highest BCUT2D eigenvalue weighted by atomic mass is 32.2. The number of anilines is 1. The summed E-state index contributed by atoms with van der Waals surface area (Å²) in [7, 11) is 0. The van der Waals surface area contributed by atoms with Crippen LogP contribution in [0.5, 0.6) is 0 Å². The number of carboxylic acid groups (broad SMARTS) is 1. The fourth-order valence-electron chi connectivity index (χ4n) is 4.29. The monoisotopic (exact) mass is 522 g/mol. The van der Waals surface area contributed by atoms with Crippen molar-refractivity contribution < 1.29 is 27.9 Å². The number of aliphatic carboxylic acids is 1. The van der Waals surface area contributed by atoms with E-state index in [1.807, 2.05) is 18.2 Å². The van der Waals surface area contributed by atoms with E-state index in [0.717, 1.165) is 53.8 Å². The molecule has 0 fully saturated rings. The number of hydrogen-bond donors (Lipinski definition) is 2. The Kier molecular flexibility index (Phi) is 8.98. The number of hydrogen-bond acceptors (Lipinski definition) is 3. The van der Waals surface area contributed by atoms with E-state index in [4.69, 9.17) is 0 Å². The Labute approximate surface area is 214 Å². The quantitative estimate of drug-likeness (QED) is 0.255. The average molecular weight is 523 g/mol. The maximum atomic E-state index is 13.2. The first kappa shape index (κ1) is 27.9. The summed E-state index contributed by atoms with van der Waals surface area (Å²) in [5, 5.41) is 12.2. The molecule has 196 valence electrons. The fraction of sp³-hybridized carbons (Fsp3) is 0.481. The molecule has 36 heavy (non-hydrogen) atoms. The number of carbonyl (C=O) groups excluding carboxylic acids is 1. The van der Waals surface area contributed by atoms with Gasteiger partial charge in [-0.1, -0.05) is 32.3 Å². The molecule has 0 heterocycles. The van der Waals surface area contributed by atoms with Crippen LogP contribution in [-0.4, -0.2) is 39.3 Å². The molecule has 0 spiro atoms. The third kappa shape index (κ3) is 7.18. The van der Waals surface area contributed by atoms with Crippen molar-refractivity contribution in [3.8, 4) is 0 Å². The Hall–Kier alpha value is -2.68. The molecule has 2 aromatic rings. The summed E-state index contributed by atoms with van der Waals surface area (Å²) in [6, 6.07) is 9.99. The Morgan fingerprint density at radius 1 is 1.03 bits per heavy atom. The average Bonchev–Trinajstić information content (AvgIpc) is 3.21. The highest BCUT2D eigenvalue weighted by Gasteiger charge is 2.33. The number of benzene rings is 2. The maximum absolute atomic E-state index is 13.2. The minimum absolute atomic E-state index is 0.0798. The first-order valence-corrected chi connectivity index (χ1v) is 13.0. The van der Waals surface area contributed by atoms with E-state index in [1.54, 1.807) is 18.7 Å². The van der Waals surface area contributed by atoms with Crippen molar-refractivity contribution >= 4 is 29.4 Å². The van der Waals surface area contributed by atoms with Crippen LogP contribution >= 0.6 is 11.8 Å². The molecule has 0 bridgehead atoms. The van der Waals surface area contributed by atoms with E-state index in [9.17, 15) is 27.9 Å². The molecule has 0 saturated carbocycles. The SMILES string of the molecule is CCCCCCN(C(=O)Nc1ccc(C(F)(F)F)cc1)C1Cc2ccc(SC(C)(C)C(=O)O)cc2C1. The van der Waals surface area contributed by atoms with Gasteiger partial charge in [0.15, 0.2) is 0 Å². The van der Waals surface area contributed by atoms with Gasteiger partial charge in [0.25, 0.3) is 0 Å². The third-order valence-corrected chi connectivity index (χ3v) is 7.57. The van der Waals surface area contributed by atoms with Crippen molar-refractivity contribution in [2.45, 2.75) is 81.2 Å². The molecule has 0 aliphatic heterocycles. The fourth-order valence-corrected chi connectivity index (χ4v) is 5.30. The zero-order chi connectivity index (χ0) is 26.5. The van der Waals surface area contributed by atoms with Crippen LogP contribution in [-0.2, 0) is 23.8 Å². The number of thioether (sulfide) groups is 1. The molecule has 3 rings (SSSR count). The first-order chi connectivity index (χ1) is 16.9. The first-order valence-electron chi connectivity index (χ1n) is 12.2. The molecule has 1 atom stereocenters. The molecular weight excluding hydrogens is 489 g/mol. The van der Waals surface area contributed by atoms with Gasteiger partial charge in [0.1, 0.15) is 4.75 Å². The van der Waals surface area contributed by atoms with Crippen LogP contribution in [0, 0.1) is 0 Å². The number of carboxylic acids is 1. The van der Waals surface area contributed by atoms with Gasteiger partial charge in [0.2, 0.25) is 0 Å². The molecule has 0 radical (unpaired) electrons. The summed E-state index contributed by atoms with van der Waals surface area (Å²) in [6.07, 6.45) is 0.863. The van der Waals surface area contributed by atoms with Gasteiger partial charge in [-0.25, -0.2) is 4.79 Å². The van der Waals surface area contributed by atoms with Crippen LogP contribution < -0.4 is 5.32 Å². The maximum Gasteiger partial charge on any atom is 0.416 e. The van der Waals surface area contributed by atoms with Crippen LogP contribution in [0.1, 0.15) is 63.1 Å². The minimum atomic E-state index is -4.43. The van der Waals surface area contributed by atoms with Gasteiger partial charge in [0, 0.05) is 23.2 Å². The Bertz CT molecular complexity index is 1070. The molecule has 1 aliphatic rings.